The van der Waals surface area contributed by atoms with Crippen molar-refractivity contribution in [1.82, 2.24) is 10.6 Å². The molecule has 2 aromatic rings. The van der Waals surface area contributed by atoms with Crippen molar-refractivity contribution in [3.05, 3.63) is 52.2 Å². The second-order valence-electron chi connectivity index (χ2n) is 5.14. The topological polar surface area (TPSA) is 61.4 Å². The van der Waals surface area contributed by atoms with E-state index in [9.17, 15) is 9.59 Å². The van der Waals surface area contributed by atoms with Gasteiger partial charge in [-0.2, -0.15) is 0 Å². The molecule has 0 bridgehead atoms. The lowest BCUT2D eigenvalue weighted by molar-refractivity contribution is 0.0940. The van der Waals surface area contributed by atoms with Gasteiger partial charge < -0.3 is 10.6 Å². The van der Waals surface area contributed by atoms with Gasteiger partial charge in [0.1, 0.15) is 0 Å². The Morgan fingerprint density at radius 1 is 1.36 bits per heavy atom. The largest absolute Gasteiger partial charge is 0.345 e. The maximum Gasteiger partial charge on any atom is 0.321 e. The molecule has 0 radical (unpaired) electrons. The van der Waals surface area contributed by atoms with Crippen molar-refractivity contribution in [2.45, 2.75) is 13.0 Å². The standard InChI is InChI=1S/C16H17N3O2S/c1-11(14-6-3-9-22-14)18-15(20)12-4-2-5-13(10-12)19-8-7-17-16(19)21/h2-6,9-11H,7-8H2,1H3,(H,17,21)(H,18,20). The average Bonchev–Trinajstić information content (AvgIpc) is 3.18. The number of amides is 3. The Morgan fingerprint density at radius 2 is 2.23 bits per heavy atom. The van der Waals surface area contributed by atoms with Crippen LogP contribution in [0.15, 0.2) is 41.8 Å². The van der Waals surface area contributed by atoms with Gasteiger partial charge in [0.2, 0.25) is 0 Å². The lowest BCUT2D eigenvalue weighted by atomic mass is 10.1. The van der Waals surface area contributed by atoms with Crippen LogP contribution in [0.4, 0.5) is 10.5 Å². The summed E-state index contributed by atoms with van der Waals surface area (Å²) in [6.45, 7) is 3.21. The average molecular weight is 315 g/mol. The smallest absolute Gasteiger partial charge is 0.321 e. The highest BCUT2D eigenvalue weighted by Gasteiger charge is 2.22. The van der Waals surface area contributed by atoms with Crippen LogP contribution < -0.4 is 15.5 Å². The van der Waals surface area contributed by atoms with Crippen LogP contribution in [-0.4, -0.2) is 25.0 Å². The summed E-state index contributed by atoms with van der Waals surface area (Å²) < 4.78 is 0. The maximum absolute atomic E-state index is 12.4. The predicted molar refractivity (Wildman–Crippen MR) is 87.4 cm³/mol. The summed E-state index contributed by atoms with van der Waals surface area (Å²) in [5.41, 5.74) is 1.30. The zero-order valence-corrected chi connectivity index (χ0v) is 13.0. The minimum Gasteiger partial charge on any atom is -0.345 e. The summed E-state index contributed by atoms with van der Waals surface area (Å²) in [7, 11) is 0. The number of thiophene rings is 1. The minimum absolute atomic E-state index is 0.0359. The molecular formula is C16H17N3O2S. The van der Waals surface area contributed by atoms with Crippen LogP contribution >= 0.6 is 11.3 Å². The van der Waals surface area contributed by atoms with Crippen LogP contribution in [0.2, 0.25) is 0 Å². The van der Waals surface area contributed by atoms with E-state index in [1.807, 2.05) is 30.5 Å². The number of carbonyl (C=O) groups excluding carboxylic acids is 2. The number of rotatable bonds is 4. The molecule has 22 heavy (non-hydrogen) atoms. The molecule has 1 fully saturated rings. The van der Waals surface area contributed by atoms with Crippen molar-refractivity contribution in [2.24, 2.45) is 0 Å². The SMILES string of the molecule is CC(NC(=O)c1cccc(N2CCNC2=O)c1)c1cccs1. The lowest BCUT2D eigenvalue weighted by Gasteiger charge is -2.16. The molecule has 0 aliphatic carbocycles. The van der Waals surface area contributed by atoms with E-state index < -0.39 is 0 Å². The van der Waals surface area contributed by atoms with Crippen LogP contribution in [0.3, 0.4) is 0 Å². The van der Waals surface area contributed by atoms with Gasteiger partial charge in [0.05, 0.1) is 6.04 Å². The highest BCUT2D eigenvalue weighted by molar-refractivity contribution is 7.10. The first-order valence-electron chi connectivity index (χ1n) is 7.15. The molecule has 2 heterocycles. The van der Waals surface area contributed by atoms with E-state index in [1.54, 1.807) is 34.4 Å². The molecule has 1 unspecified atom stereocenters. The third kappa shape index (κ3) is 2.96. The maximum atomic E-state index is 12.4. The van der Waals surface area contributed by atoms with Gasteiger partial charge in [-0.05, 0) is 36.6 Å². The summed E-state index contributed by atoms with van der Waals surface area (Å²) in [4.78, 5) is 26.8. The van der Waals surface area contributed by atoms with Crippen LogP contribution in [0, 0.1) is 0 Å². The molecule has 6 heteroatoms. The number of nitrogens with one attached hydrogen (secondary N) is 2. The molecule has 0 saturated carbocycles. The number of anilines is 1. The fourth-order valence-electron chi connectivity index (χ4n) is 2.42. The summed E-state index contributed by atoms with van der Waals surface area (Å²) in [6.07, 6.45) is 0. The van der Waals surface area contributed by atoms with Gasteiger partial charge in [-0.15, -0.1) is 11.3 Å². The van der Waals surface area contributed by atoms with Gasteiger partial charge in [0.25, 0.3) is 5.91 Å². The molecule has 1 aliphatic heterocycles. The summed E-state index contributed by atoms with van der Waals surface area (Å²) in [5, 5.41) is 7.73. The van der Waals surface area contributed by atoms with E-state index in [0.717, 1.165) is 10.6 Å². The van der Waals surface area contributed by atoms with E-state index in [-0.39, 0.29) is 18.0 Å². The van der Waals surface area contributed by atoms with Crippen molar-refractivity contribution < 1.29 is 9.59 Å². The van der Waals surface area contributed by atoms with E-state index in [1.165, 1.54) is 0 Å². The number of carbonyl (C=O) groups is 2. The summed E-state index contributed by atoms with van der Waals surface area (Å²) >= 11 is 1.62. The fraction of sp³-hybridized carbons (Fsp3) is 0.250. The van der Waals surface area contributed by atoms with Gasteiger partial charge in [-0.3, -0.25) is 9.69 Å². The van der Waals surface area contributed by atoms with Gasteiger partial charge in [-0.1, -0.05) is 12.1 Å². The number of benzene rings is 1. The highest BCUT2D eigenvalue weighted by Crippen LogP contribution is 2.21. The monoisotopic (exact) mass is 315 g/mol. The highest BCUT2D eigenvalue weighted by atomic mass is 32.1. The molecular weight excluding hydrogens is 298 g/mol. The Hall–Kier alpha value is -2.34. The molecule has 3 amide bonds. The third-order valence-corrected chi connectivity index (χ3v) is 4.65. The van der Waals surface area contributed by atoms with Gasteiger partial charge in [0.15, 0.2) is 0 Å². The van der Waals surface area contributed by atoms with Crippen LogP contribution in [0.25, 0.3) is 0 Å². The number of urea groups is 1. The second-order valence-corrected chi connectivity index (χ2v) is 6.12. The number of hydrogen-bond donors (Lipinski definition) is 2. The molecule has 3 rings (SSSR count). The van der Waals surface area contributed by atoms with E-state index in [4.69, 9.17) is 0 Å². The second kappa shape index (κ2) is 6.19. The van der Waals surface area contributed by atoms with E-state index in [0.29, 0.717) is 18.7 Å². The van der Waals surface area contributed by atoms with E-state index >= 15 is 0 Å². The van der Waals surface area contributed by atoms with Crippen LogP contribution in [-0.2, 0) is 0 Å². The summed E-state index contributed by atoms with van der Waals surface area (Å²) in [5.74, 6) is -0.137. The van der Waals surface area contributed by atoms with Crippen molar-refractivity contribution in [1.29, 1.82) is 0 Å². The minimum atomic E-state index is -0.137. The molecule has 1 aliphatic rings. The molecule has 0 spiro atoms. The normalized spacial score (nSPS) is 15.5. The Kier molecular flexibility index (Phi) is 4.11. The van der Waals surface area contributed by atoms with Crippen molar-refractivity contribution >= 4 is 29.0 Å². The lowest BCUT2D eigenvalue weighted by Crippen LogP contribution is -2.29. The Labute approximate surface area is 132 Å². The van der Waals surface area contributed by atoms with Crippen molar-refractivity contribution in [2.75, 3.05) is 18.0 Å². The van der Waals surface area contributed by atoms with E-state index in [2.05, 4.69) is 10.6 Å². The van der Waals surface area contributed by atoms with Gasteiger partial charge in [0, 0.05) is 29.2 Å². The zero-order chi connectivity index (χ0) is 15.5. The first-order valence-corrected chi connectivity index (χ1v) is 8.03. The summed E-state index contributed by atoms with van der Waals surface area (Å²) in [6, 6.07) is 11.0. The molecule has 114 valence electrons. The molecule has 2 N–H and O–H groups in total. The van der Waals surface area contributed by atoms with Gasteiger partial charge in [-0.25, -0.2) is 4.79 Å². The Morgan fingerprint density at radius 3 is 2.91 bits per heavy atom. The molecule has 1 aromatic carbocycles. The predicted octanol–water partition coefficient (Wildman–Crippen LogP) is 2.77. The zero-order valence-electron chi connectivity index (χ0n) is 12.2. The quantitative estimate of drug-likeness (QED) is 0.911. The van der Waals surface area contributed by atoms with Crippen molar-refractivity contribution in [3.63, 3.8) is 0 Å². The Bertz CT molecular complexity index is 684. The first-order chi connectivity index (χ1) is 10.6. The molecule has 5 nitrogen and oxygen atoms in total. The fourth-order valence-corrected chi connectivity index (χ4v) is 3.16. The third-order valence-electron chi connectivity index (χ3n) is 3.59. The molecule has 1 atom stereocenters. The van der Waals surface area contributed by atoms with Crippen LogP contribution in [0.1, 0.15) is 28.2 Å². The van der Waals surface area contributed by atoms with Crippen molar-refractivity contribution in [3.8, 4) is 0 Å². The Balaban J connectivity index is 1.74. The van der Waals surface area contributed by atoms with Gasteiger partial charge >= 0.3 is 6.03 Å². The number of hydrogen-bond acceptors (Lipinski definition) is 3. The first kappa shape index (κ1) is 14.6. The van der Waals surface area contributed by atoms with Crippen LogP contribution in [0.5, 0.6) is 0 Å². The molecule has 1 aromatic heterocycles. The molecule has 1 saturated heterocycles. The number of nitrogens with zero attached hydrogens (tertiary/aromatic N) is 1.